The number of pyridine rings is 1. The molecule has 0 amide bonds. The van der Waals surface area contributed by atoms with Crippen LogP contribution in [0.25, 0.3) is 10.9 Å². The number of nitrogens with two attached hydrogens (primary N) is 1. The van der Waals surface area contributed by atoms with Crippen molar-refractivity contribution in [2.24, 2.45) is 5.73 Å². The molecule has 0 saturated carbocycles. The molecule has 5 heteroatoms. The number of nitrogens with zero attached hydrogens (tertiary/aromatic N) is 1. The molecule has 3 nitrogen and oxygen atoms in total. The summed E-state index contributed by atoms with van der Waals surface area (Å²) in [5.74, 6) is 1.55. The average Bonchev–Trinajstić information content (AvgIpc) is 2.38. The molecule has 0 bridgehead atoms. The lowest BCUT2D eigenvalue weighted by Crippen LogP contribution is -1.96. The van der Waals surface area contributed by atoms with E-state index in [4.69, 9.17) is 28.7 Å². The molecule has 2 aromatic rings. The molecule has 1 aromatic heterocycles. The minimum absolute atomic E-state index is 0.370. The van der Waals surface area contributed by atoms with Crippen molar-refractivity contribution < 1.29 is 4.74 Å². The molecule has 0 unspecified atom stereocenters. The van der Waals surface area contributed by atoms with Crippen molar-refractivity contribution in [2.75, 3.05) is 12.9 Å². The van der Waals surface area contributed by atoms with E-state index in [0.717, 1.165) is 34.4 Å². The number of halogens is 1. The first kappa shape index (κ1) is 13.9. The third kappa shape index (κ3) is 3.51. The molecule has 0 aliphatic heterocycles. The zero-order valence-corrected chi connectivity index (χ0v) is 12.1. The predicted octanol–water partition coefficient (Wildman–Crippen LogP) is 3.41. The van der Waals surface area contributed by atoms with Gasteiger partial charge in [-0.2, -0.15) is 0 Å². The molecule has 0 saturated heterocycles. The van der Waals surface area contributed by atoms with Crippen LogP contribution in [0.2, 0.25) is 5.15 Å². The standard InChI is InChI=1S/C14H14ClN2OS/c1-9(16)19-6-5-11-7-10-3-4-12(18-2)8-13(10)17-14(11)15/h1,3-4,7-8H,5-6,16H2,2H3/q+1. The third-order valence-electron chi connectivity index (χ3n) is 2.69. The number of thioether (sulfide) groups is 1. The fourth-order valence-electron chi connectivity index (χ4n) is 1.75. The second kappa shape index (κ2) is 6.11. The van der Waals surface area contributed by atoms with E-state index in [1.807, 2.05) is 24.3 Å². The molecule has 98 valence electrons. The zero-order chi connectivity index (χ0) is 13.8. The summed E-state index contributed by atoms with van der Waals surface area (Å²) in [6.45, 7) is 5.41. The summed E-state index contributed by atoms with van der Waals surface area (Å²) in [5.41, 5.74) is 7.23. The maximum Gasteiger partial charge on any atom is 0.307 e. The number of benzene rings is 1. The molecule has 0 aliphatic carbocycles. The van der Waals surface area contributed by atoms with Gasteiger partial charge in [0.05, 0.1) is 12.6 Å². The summed E-state index contributed by atoms with van der Waals surface area (Å²) in [4.78, 5) is 4.39. The van der Waals surface area contributed by atoms with Crippen LogP contribution in [0.3, 0.4) is 0 Å². The molecule has 0 spiro atoms. The van der Waals surface area contributed by atoms with Crippen LogP contribution in [0.1, 0.15) is 5.56 Å². The van der Waals surface area contributed by atoms with Crippen molar-refractivity contribution in [2.45, 2.75) is 6.42 Å². The summed E-state index contributed by atoms with van der Waals surface area (Å²) >= 11 is 7.60. The van der Waals surface area contributed by atoms with Crippen LogP contribution in [0.4, 0.5) is 0 Å². The Kier molecular flexibility index (Phi) is 4.48. The van der Waals surface area contributed by atoms with Gasteiger partial charge in [0.2, 0.25) is 6.58 Å². The van der Waals surface area contributed by atoms with Crippen LogP contribution in [0.15, 0.2) is 29.3 Å². The zero-order valence-electron chi connectivity index (χ0n) is 10.5. The normalized spacial score (nSPS) is 10.6. The molecule has 1 aromatic carbocycles. The van der Waals surface area contributed by atoms with E-state index in [2.05, 4.69) is 4.98 Å². The summed E-state index contributed by atoms with van der Waals surface area (Å²) in [6.07, 6.45) is 0.774. The van der Waals surface area contributed by atoms with E-state index in [1.54, 1.807) is 7.11 Å². The number of aromatic nitrogens is 1. The lowest BCUT2D eigenvalue weighted by molar-refractivity contribution is 0.415. The number of fused-ring (bicyclic) bond motifs is 1. The molecule has 0 radical (unpaired) electrons. The molecule has 2 N–H and O–H groups in total. The minimum Gasteiger partial charge on any atom is -0.497 e. The quantitative estimate of drug-likeness (QED) is 0.678. The summed E-state index contributed by atoms with van der Waals surface area (Å²) in [7, 11) is 1.63. The maximum absolute atomic E-state index is 6.18. The molecule has 2 rings (SSSR count). The number of rotatable bonds is 5. The van der Waals surface area contributed by atoms with Crippen LogP contribution in [-0.2, 0) is 6.42 Å². The van der Waals surface area contributed by atoms with Gasteiger partial charge in [-0.3, -0.25) is 0 Å². The predicted molar refractivity (Wildman–Crippen MR) is 81.5 cm³/mol. The average molecular weight is 294 g/mol. The maximum atomic E-state index is 6.18. The van der Waals surface area contributed by atoms with E-state index in [1.165, 1.54) is 11.8 Å². The molecule has 1 heterocycles. The fourth-order valence-corrected chi connectivity index (χ4v) is 2.55. The molecule has 0 fully saturated rings. The van der Waals surface area contributed by atoms with Gasteiger partial charge in [-0.15, -0.1) is 0 Å². The summed E-state index contributed by atoms with van der Waals surface area (Å²) in [6, 6.07) is 7.78. The lowest BCUT2D eigenvalue weighted by Gasteiger charge is -2.06. The van der Waals surface area contributed by atoms with Gasteiger partial charge in [0.15, 0.2) is 0 Å². The van der Waals surface area contributed by atoms with Gasteiger partial charge in [-0.05, 0) is 30.2 Å². The number of ether oxygens (including phenoxy) is 1. The van der Waals surface area contributed by atoms with Crippen LogP contribution in [0, 0.1) is 6.58 Å². The van der Waals surface area contributed by atoms with Crippen molar-refractivity contribution in [1.82, 2.24) is 4.98 Å². The van der Waals surface area contributed by atoms with E-state index >= 15 is 0 Å². The Labute approximate surface area is 121 Å². The molecular weight excluding hydrogens is 280 g/mol. The van der Waals surface area contributed by atoms with E-state index in [-0.39, 0.29) is 0 Å². The van der Waals surface area contributed by atoms with Crippen LogP contribution < -0.4 is 10.5 Å². The van der Waals surface area contributed by atoms with Gasteiger partial charge in [0.1, 0.15) is 10.9 Å². The van der Waals surface area contributed by atoms with Gasteiger partial charge in [-0.1, -0.05) is 23.4 Å². The fraction of sp³-hybridized carbons (Fsp3) is 0.214. The molecule has 19 heavy (non-hydrogen) atoms. The van der Waals surface area contributed by atoms with Crippen molar-refractivity contribution in [3.63, 3.8) is 0 Å². The topological polar surface area (TPSA) is 48.1 Å². The highest BCUT2D eigenvalue weighted by Crippen LogP contribution is 2.25. The first-order chi connectivity index (χ1) is 9.10. The summed E-state index contributed by atoms with van der Waals surface area (Å²) in [5, 5.41) is 1.92. The number of hydrogen-bond acceptors (Lipinski definition) is 4. The van der Waals surface area contributed by atoms with Crippen molar-refractivity contribution >= 4 is 34.3 Å². The van der Waals surface area contributed by atoms with Crippen LogP contribution in [-0.4, -0.2) is 17.8 Å². The highest BCUT2D eigenvalue weighted by atomic mass is 35.5. The second-order valence-corrected chi connectivity index (χ2v) is 5.52. The van der Waals surface area contributed by atoms with Gasteiger partial charge in [0.25, 0.3) is 0 Å². The SMILES string of the molecule is [CH+]=C(N)SCCc1cc2ccc(OC)cc2nc1Cl. The minimum atomic E-state index is 0.370. The Hall–Kier alpha value is -1.48. The van der Waals surface area contributed by atoms with E-state index < -0.39 is 0 Å². The Bertz CT molecular complexity index is 616. The number of methoxy groups -OCH3 is 1. The second-order valence-electron chi connectivity index (χ2n) is 4.00. The van der Waals surface area contributed by atoms with Crippen molar-refractivity contribution in [3.8, 4) is 5.75 Å². The van der Waals surface area contributed by atoms with E-state index in [9.17, 15) is 0 Å². The summed E-state index contributed by atoms with van der Waals surface area (Å²) < 4.78 is 5.17. The van der Waals surface area contributed by atoms with Crippen LogP contribution >= 0.6 is 23.4 Å². The van der Waals surface area contributed by atoms with Gasteiger partial charge in [-0.25, -0.2) is 4.98 Å². The Morgan fingerprint density at radius 3 is 2.95 bits per heavy atom. The van der Waals surface area contributed by atoms with Gasteiger partial charge < -0.3 is 10.5 Å². The first-order valence-corrected chi connectivity index (χ1v) is 7.10. The number of hydrogen-bond donors (Lipinski definition) is 1. The smallest absolute Gasteiger partial charge is 0.307 e. The highest BCUT2D eigenvalue weighted by Gasteiger charge is 2.07. The largest absolute Gasteiger partial charge is 0.497 e. The highest BCUT2D eigenvalue weighted by molar-refractivity contribution is 8.02. The number of aryl methyl sites for hydroxylation is 1. The van der Waals surface area contributed by atoms with Crippen molar-refractivity contribution in [3.05, 3.63) is 46.6 Å². The third-order valence-corrected chi connectivity index (χ3v) is 3.76. The van der Waals surface area contributed by atoms with Crippen molar-refractivity contribution in [1.29, 1.82) is 0 Å². The Balaban J connectivity index is 2.26. The van der Waals surface area contributed by atoms with Gasteiger partial charge >= 0.3 is 5.03 Å². The Morgan fingerprint density at radius 2 is 2.26 bits per heavy atom. The van der Waals surface area contributed by atoms with Gasteiger partial charge in [0, 0.05) is 17.2 Å². The first-order valence-electron chi connectivity index (χ1n) is 5.74. The molecule has 0 aliphatic rings. The lowest BCUT2D eigenvalue weighted by atomic mass is 10.1. The van der Waals surface area contributed by atoms with Crippen LogP contribution in [0.5, 0.6) is 5.75 Å². The Morgan fingerprint density at radius 1 is 1.47 bits per heavy atom. The molecule has 0 atom stereocenters. The molecular formula is C14H14ClN2OS+. The monoisotopic (exact) mass is 293 g/mol. The van der Waals surface area contributed by atoms with E-state index in [0.29, 0.717) is 10.2 Å².